The second-order valence-corrected chi connectivity index (χ2v) is 7.38. The van der Waals surface area contributed by atoms with E-state index in [0.717, 1.165) is 0 Å². The van der Waals surface area contributed by atoms with Crippen LogP contribution in [0.5, 0.6) is 5.75 Å². The number of hydrogen-bond acceptors (Lipinski definition) is 6. The fraction of sp³-hybridized carbons (Fsp3) is 0.500. The van der Waals surface area contributed by atoms with Crippen LogP contribution in [0, 0.1) is 5.92 Å². The van der Waals surface area contributed by atoms with Gasteiger partial charge in [-0.1, -0.05) is 19.9 Å². The van der Waals surface area contributed by atoms with Gasteiger partial charge in [-0.25, -0.2) is 0 Å². The fourth-order valence-corrected chi connectivity index (χ4v) is 2.83. The number of rotatable bonds is 14. The third-order valence-electron chi connectivity index (χ3n) is 4.08. The first kappa shape index (κ1) is 24.7. The molecule has 0 spiro atoms. The van der Waals surface area contributed by atoms with E-state index in [1.54, 1.807) is 24.3 Å². The Kier molecular flexibility index (Phi) is 9.60. The maximum atomic E-state index is 12.4. The summed E-state index contributed by atoms with van der Waals surface area (Å²) in [6, 6.07) is 6.67. The Labute approximate surface area is 175 Å². The number of carboxylic acid groups (broad SMARTS) is 1. The van der Waals surface area contributed by atoms with Crippen molar-refractivity contribution >= 4 is 29.4 Å². The number of carboxylic acids is 1. The molecule has 0 aliphatic heterocycles. The smallest absolute Gasteiger partial charge is 0.303 e. The molecule has 0 radical (unpaired) electrons. The Morgan fingerprint density at radius 1 is 1.13 bits per heavy atom. The summed E-state index contributed by atoms with van der Waals surface area (Å²) in [6.45, 7) is 3.96. The van der Waals surface area contributed by atoms with E-state index >= 15 is 0 Å². The highest BCUT2D eigenvalue weighted by Gasteiger charge is 2.39. The topological polar surface area (TPSA) is 174 Å². The second-order valence-electron chi connectivity index (χ2n) is 7.38. The van der Waals surface area contributed by atoms with Crippen molar-refractivity contribution in [3.8, 4) is 5.75 Å². The van der Waals surface area contributed by atoms with E-state index in [-0.39, 0.29) is 38.2 Å². The number of amides is 3. The standard InChI is InChI=1S/C20H30N4O6/c1-13(2)12-20(19(22)29,24-17(26)9-8-16(21)25)23-14-5-3-6-15(11-14)30-10-4-7-18(27)28/h3,5-6,11,13,23H,4,7-10,12H2,1-2H3,(H2,21,25)(H2,22,29)(H,24,26)(H,27,28). The number of carbonyl (C=O) groups is 4. The summed E-state index contributed by atoms with van der Waals surface area (Å²) in [5.41, 5.74) is 9.62. The largest absolute Gasteiger partial charge is 0.494 e. The lowest BCUT2D eigenvalue weighted by atomic mass is 9.95. The summed E-state index contributed by atoms with van der Waals surface area (Å²) in [6.07, 6.45) is 0.225. The highest BCUT2D eigenvalue weighted by molar-refractivity contribution is 5.93. The molecule has 7 N–H and O–H groups in total. The van der Waals surface area contributed by atoms with E-state index in [1.807, 2.05) is 13.8 Å². The highest BCUT2D eigenvalue weighted by Crippen LogP contribution is 2.24. The summed E-state index contributed by atoms with van der Waals surface area (Å²) in [7, 11) is 0. The minimum absolute atomic E-state index is 0.00288. The van der Waals surface area contributed by atoms with Crippen LogP contribution in [0.1, 0.15) is 46.0 Å². The Morgan fingerprint density at radius 2 is 1.83 bits per heavy atom. The summed E-state index contributed by atoms with van der Waals surface area (Å²) in [5, 5.41) is 14.3. The van der Waals surface area contributed by atoms with E-state index in [4.69, 9.17) is 21.3 Å². The van der Waals surface area contributed by atoms with Gasteiger partial charge in [0.2, 0.25) is 11.8 Å². The van der Waals surface area contributed by atoms with Crippen LogP contribution in [0.25, 0.3) is 0 Å². The van der Waals surface area contributed by atoms with Crippen molar-refractivity contribution < 1.29 is 29.0 Å². The summed E-state index contributed by atoms with van der Waals surface area (Å²) in [5.74, 6) is -2.39. The molecule has 1 aromatic rings. The van der Waals surface area contributed by atoms with Crippen LogP contribution in [-0.2, 0) is 19.2 Å². The molecule has 0 aliphatic rings. The molecule has 1 rings (SSSR count). The SMILES string of the molecule is CC(C)CC(NC(=O)CCC(N)=O)(Nc1cccc(OCCCC(=O)O)c1)C(N)=O. The van der Waals surface area contributed by atoms with Crippen molar-refractivity contribution in [3.63, 3.8) is 0 Å². The normalized spacial score (nSPS) is 12.6. The van der Waals surface area contributed by atoms with Gasteiger partial charge in [0.15, 0.2) is 5.66 Å². The second kappa shape index (κ2) is 11.6. The number of benzene rings is 1. The molecule has 0 aliphatic carbocycles. The summed E-state index contributed by atoms with van der Waals surface area (Å²) < 4.78 is 5.54. The molecule has 0 aromatic heterocycles. The molecule has 166 valence electrons. The Morgan fingerprint density at radius 3 is 2.40 bits per heavy atom. The van der Waals surface area contributed by atoms with E-state index in [1.165, 1.54) is 0 Å². The zero-order valence-electron chi connectivity index (χ0n) is 17.3. The lowest BCUT2D eigenvalue weighted by Gasteiger charge is -2.35. The van der Waals surface area contributed by atoms with Gasteiger partial charge in [-0.05, 0) is 24.5 Å². The molecule has 10 nitrogen and oxygen atoms in total. The van der Waals surface area contributed by atoms with Gasteiger partial charge in [0.25, 0.3) is 5.91 Å². The lowest BCUT2D eigenvalue weighted by Crippen LogP contribution is -2.63. The molecule has 0 heterocycles. The number of anilines is 1. The summed E-state index contributed by atoms with van der Waals surface area (Å²) >= 11 is 0. The van der Waals surface area contributed by atoms with Gasteiger partial charge in [0.1, 0.15) is 5.75 Å². The molecule has 30 heavy (non-hydrogen) atoms. The first-order chi connectivity index (χ1) is 14.0. The monoisotopic (exact) mass is 422 g/mol. The van der Waals surface area contributed by atoms with Crippen LogP contribution in [0.3, 0.4) is 0 Å². The fourth-order valence-electron chi connectivity index (χ4n) is 2.83. The predicted molar refractivity (Wildman–Crippen MR) is 110 cm³/mol. The highest BCUT2D eigenvalue weighted by atomic mass is 16.5. The minimum Gasteiger partial charge on any atom is -0.494 e. The van der Waals surface area contributed by atoms with Crippen LogP contribution >= 0.6 is 0 Å². The van der Waals surface area contributed by atoms with Crippen LogP contribution in [0.15, 0.2) is 24.3 Å². The third kappa shape index (κ3) is 8.80. The zero-order valence-corrected chi connectivity index (χ0v) is 17.3. The van der Waals surface area contributed by atoms with Gasteiger partial charge in [-0.15, -0.1) is 0 Å². The van der Waals surface area contributed by atoms with Crippen LogP contribution in [0.2, 0.25) is 0 Å². The molecular weight excluding hydrogens is 392 g/mol. The number of hydrogen-bond donors (Lipinski definition) is 5. The molecule has 1 unspecified atom stereocenters. The van der Waals surface area contributed by atoms with E-state index in [0.29, 0.717) is 17.9 Å². The van der Waals surface area contributed by atoms with Crippen LogP contribution in [-0.4, -0.2) is 41.1 Å². The number of nitrogens with one attached hydrogen (secondary N) is 2. The van der Waals surface area contributed by atoms with E-state index in [9.17, 15) is 19.2 Å². The van der Waals surface area contributed by atoms with Gasteiger partial charge in [-0.2, -0.15) is 0 Å². The quantitative estimate of drug-likeness (QED) is 0.219. The Hall–Kier alpha value is -3.30. The van der Waals surface area contributed by atoms with Crippen molar-refractivity contribution in [2.45, 2.75) is 51.6 Å². The van der Waals surface area contributed by atoms with Gasteiger partial charge in [0, 0.05) is 37.4 Å². The van der Waals surface area contributed by atoms with Gasteiger partial charge in [0.05, 0.1) is 6.61 Å². The minimum atomic E-state index is -1.58. The van der Waals surface area contributed by atoms with Crippen molar-refractivity contribution in [2.24, 2.45) is 17.4 Å². The molecule has 0 saturated carbocycles. The Balaban J connectivity index is 2.98. The molecule has 10 heteroatoms. The lowest BCUT2D eigenvalue weighted by molar-refractivity contribution is -0.137. The molecular formula is C20H30N4O6. The molecule has 0 bridgehead atoms. The average Bonchev–Trinajstić information content (AvgIpc) is 2.63. The first-order valence-corrected chi connectivity index (χ1v) is 9.66. The zero-order chi connectivity index (χ0) is 22.7. The number of aliphatic carboxylic acids is 1. The molecule has 0 saturated heterocycles. The molecule has 3 amide bonds. The van der Waals surface area contributed by atoms with Crippen molar-refractivity contribution in [2.75, 3.05) is 11.9 Å². The maximum Gasteiger partial charge on any atom is 0.303 e. The molecule has 1 aromatic carbocycles. The molecule has 1 atom stereocenters. The van der Waals surface area contributed by atoms with Gasteiger partial charge >= 0.3 is 5.97 Å². The van der Waals surface area contributed by atoms with Crippen LogP contribution in [0.4, 0.5) is 5.69 Å². The van der Waals surface area contributed by atoms with Gasteiger partial charge < -0.3 is 31.9 Å². The number of ether oxygens (including phenoxy) is 1. The maximum absolute atomic E-state index is 12.4. The number of carbonyl (C=O) groups excluding carboxylic acids is 3. The first-order valence-electron chi connectivity index (χ1n) is 9.66. The van der Waals surface area contributed by atoms with Crippen LogP contribution < -0.4 is 26.8 Å². The van der Waals surface area contributed by atoms with Crippen molar-refractivity contribution in [3.05, 3.63) is 24.3 Å². The van der Waals surface area contributed by atoms with E-state index in [2.05, 4.69) is 10.6 Å². The van der Waals surface area contributed by atoms with E-state index < -0.39 is 29.4 Å². The third-order valence-corrected chi connectivity index (χ3v) is 4.08. The van der Waals surface area contributed by atoms with Gasteiger partial charge in [-0.3, -0.25) is 19.2 Å². The number of primary amides is 2. The Bertz CT molecular complexity index is 767. The number of nitrogens with two attached hydrogens (primary N) is 2. The van der Waals surface area contributed by atoms with Crippen molar-refractivity contribution in [1.82, 2.24) is 5.32 Å². The summed E-state index contributed by atoms with van der Waals surface area (Å²) in [4.78, 5) is 46.2. The molecule has 0 fully saturated rings. The predicted octanol–water partition coefficient (Wildman–Crippen LogP) is 0.952. The average molecular weight is 422 g/mol. The van der Waals surface area contributed by atoms with Crippen molar-refractivity contribution in [1.29, 1.82) is 0 Å².